The molecule has 7 atom stereocenters. The highest BCUT2D eigenvalue weighted by atomic mass is 31.2. The van der Waals surface area contributed by atoms with Gasteiger partial charge in [-0.05, 0) is 60.6 Å². The summed E-state index contributed by atoms with van der Waals surface area (Å²) in [6.07, 6.45) is -2.53. The fraction of sp³-hybridized carbons (Fsp3) is 0.488. The largest absolute Gasteiger partial charge is 0.464 e. The molecule has 340 valence electrons. The fourth-order valence-corrected chi connectivity index (χ4v) is 8.11. The molecule has 4 aromatic rings. The van der Waals surface area contributed by atoms with E-state index in [-0.39, 0.29) is 55.3 Å². The van der Waals surface area contributed by atoms with Crippen LogP contribution in [0.5, 0.6) is 5.75 Å². The Balaban J connectivity index is 1.33. The summed E-state index contributed by atoms with van der Waals surface area (Å²) in [5.41, 5.74) is 5.46. The molecular formula is C43H56N7O12P. The van der Waals surface area contributed by atoms with Gasteiger partial charge in [0.1, 0.15) is 60.7 Å². The van der Waals surface area contributed by atoms with Crippen LogP contribution in [-0.2, 0) is 56.3 Å². The number of hydrogen-bond acceptors (Lipinski definition) is 16. The highest BCUT2D eigenvalue weighted by Crippen LogP contribution is 2.47. The van der Waals surface area contributed by atoms with E-state index in [0.717, 1.165) is 24.7 Å². The molecule has 0 aliphatic carbocycles. The Morgan fingerprint density at radius 2 is 1.70 bits per heavy atom. The predicted octanol–water partition coefficient (Wildman–Crippen LogP) is 4.74. The highest BCUT2D eigenvalue weighted by molar-refractivity contribution is 7.52. The highest BCUT2D eigenvalue weighted by Gasteiger charge is 2.58. The number of nitrogen functional groups attached to an aromatic ring is 1. The fourth-order valence-electron chi connectivity index (χ4n) is 6.61. The van der Waals surface area contributed by atoms with Gasteiger partial charge in [0.05, 0.1) is 25.5 Å². The third-order valence-corrected chi connectivity index (χ3v) is 12.2. The first-order valence-corrected chi connectivity index (χ1v) is 22.3. The number of fused-ring (bicyclic) bond motifs is 1. The van der Waals surface area contributed by atoms with Crippen LogP contribution in [0, 0.1) is 23.2 Å². The number of nitrogens with two attached hydrogens (primary N) is 1. The zero-order valence-corrected chi connectivity index (χ0v) is 36.8. The van der Waals surface area contributed by atoms with Crippen molar-refractivity contribution in [2.24, 2.45) is 11.8 Å². The molecule has 6 N–H and O–H groups in total. The zero-order chi connectivity index (χ0) is 45.7. The molecule has 2 aromatic carbocycles. The van der Waals surface area contributed by atoms with Crippen LogP contribution >= 0.6 is 7.75 Å². The van der Waals surface area contributed by atoms with Crippen LogP contribution in [0.25, 0.3) is 5.52 Å². The normalized spacial score (nSPS) is 20.4. The summed E-state index contributed by atoms with van der Waals surface area (Å²) < 4.78 is 49.8. The summed E-state index contributed by atoms with van der Waals surface area (Å²) in [7, 11) is -4.60. The average molecular weight is 894 g/mol. The lowest BCUT2D eigenvalue weighted by Crippen LogP contribution is -2.43. The van der Waals surface area contributed by atoms with E-state index < -0.39 is 68.4 Å². The number of rotatable bonds is 22. The number of amides is 1. The van der Waals surface area contributed by atoms with E-state index in [1.807, 2.05) is 52.0 Å². The van der Waals surface area contributed by atoms with Gasteiger partial charge in [0.25, 0.3) is 0 Å². The standard InChI is InChI=1S/C43H56N7O12P/c1-6-29(7-2)22-58-40(53)28(5)49-63(56,60-24-35-37(51)38(52)43(25-44,61-35)36-18-17-34-39(45)46-26-47-50(34)36)62-32-15-13-30(14-16-32)21-33(41(54)57-20-19-27(3)4)48-42(55)59-23-31-11-9-8-10-12-31/h8-18,26-29,33,35,37-38,51-52H,6-7,19-24H2,1-5H3,(H,48,55)(H,49,56)(H2,45,46,47)/t28-,33-,35+,37+,38+,43-,63?/m0/s1. The molecule has 3 heterocycles. The summed E-state index contributed by atoms with van der Waals surface area (Å²) in [6.45, 7) is 8.91. The molecule has 63 heavy (non-hydrogen) atoms. The summed E-state index contributed by atoms with van der Waals surface area (Å²) in [4.78, 5) is 43.0. The Kier molecular flexibility index (Phi) is 17.0. The molecule has 0 bridgehead atoms. The lowest BCUT2D eigenvalue weighted by atomic mass is 9.92. The molecule has 2 aromatic heterocycles. The summed E-state index contributed by atoms with van der Waals surface area (Å²) >= 11 is 0. The van der Waals surface area contributed by atoms with E-state index in [1.54, 1.807) is 24.3 Å². The van der Waals surface area contributed by atoms with Crippen LogP contribution in [0.3, 0.4) is 0 Å². The number of aliphatic hydroxyl groups excluding tert-OH is 2. The van der Waals surface area contributed by atoms with Gasteiger partial charge < -0.3 is 44.7 Å². The number of carbonyl (C=O) groups is 3. The second-order valence-corrected chi connectivity index (χ2v) is 17.3. The van der Waals surface area contributed by atoms with Gasteiger partial charge >= 0.3 is 25.8 Å². The van der Waals surface area contributed by atoms with Crippen molar-refractivity contribution in [3.8, 4) is 11.8 Å². The Morgan fingerprint density at radius 1 is 0.984 bits per heavy atom. The van der Waals surface area contributed by atoms with Crippen LogP contribution in [0.1, 0.15) is 70.7 Å². The van der Waals surface area contributed by atoms with Crippen molar-refractivity contribution in [3.05, 3.63) is 89.9 Å². The first kappa shape index (κ1) is 48.4. The number of alkyl carbamates (subject to hydrolysis) is 1. The number of anilines is 1. The number of hydrogen-bond donors (Lipinski definition) is 5. The number of carbonyl (C=O) groups excluding carboxylic acids is 3. The average Bonchev–Trinajstić information content (AvgIpc) is 3.82. The number of nitriles is 1. The maximum atomic E-state index is 14.6. The van der Waals surface area contributed by atoms with Gasteiger partial charge in [-0.2, -0.15) is 15.4 Å². The number of aliphatic hydroxyl groups is 2. The lowest BCUT2D eigenvalue weighted by Gasteiger charge is -2.26. The van der Waals surface area contributed by atoms with Crippen LogP contribution in [0.2, 0.25) is 0 Å². The topological polar surface area (TPSA) is 268 Å². The quantitative estimate of drug-likeness (QED) is 0.0405. The molecule has 1 saturated heterocycles. The van der Waals surface area contributed by atoms with Crippen LogP contribution in [-0.4, -0.2) is 93.1 Å². The van der Waals surface area contributed by atoms with Crippen molar-refractivity contribution in [2.75, 3.05) is 25.6 Å². The minimum absolute atomic E-state index is 0.00491. The van der Waals surface area contributed by atoms with Gasteiger partial charge in [-0.1, -0.05) is 83.0 Å². The monoisotopic (exact) mass is 893 g/mol. The van der Waals surface area contributed by atoms with E-state index >= 15 is 0 Å². The maximum absolute atomic E-state index is 14.6. The second-order valence-electron chi connectivity index (χ2n) is 15.6. The Bertz CT molecular complexity index is 2230. The maximum Gasteiger partial charge on any atom is 0.459 e. The Hall–Kier alpha value is -5.61. The zero-order valence-electron chi connectivity index (χ0n) is 35.9. The minimum atomic E-state index is -4.60. The number of nitrogens with one attached hydrogen (secondary N) is 2. The molecule has 19 nitrogen and oxygen atoms in total. The molecule has 1 aliphatic heterocycles. The smallest absolute Gasteiger partial charge is 0.459 e. The van der Waals surface area contributed by atoms with Gasteiger partial charge in [0.15, 0.2) is 5.82 Å². The predicted molar refractivity (Wildman–Crippen MR) is 228 cm³/mol. The Morgan fingerprint density at radius 3 is 2.37 bits per heavy atom. The summed E-state index contributed by atoms with van der Waals surface area (Å²) in [6, 6.07) is 17.6. The van der Waals surface area contributed by atoms with Crippen molar-refractivity contribution >= 4 is 37.1 Å². The minimum Gasteiger partial charge on any atom is -0.464 e. The SMILES string of the molecule is CCC(CC)COC(=O)[C@H](C)NP(=O)(OC[C@H]1O[C@@](C#N)(c2ccc3c(N)ncnn23)[C@H](O)[C@@H]1O)Oc1ccc(C[C@H](NC(=O)OCc2ccccc2)C(=O)OCCC(C)C)cc1. The molecule has 1 amide bonds. The van der Waals surface area contributed by atoms with Crippen LogP contribution < -0.4 is 20.7 Å². The number of benzene rings is 2. The number of nitrogens with zero attached hydrogens (tertiary/aromatic N) is 4. The first-order chi connectivity index (χ1) is 30.1. The molecule has 1 aliphatic rings. The molecular weight excluding hydrogens is 837 g/mol. The lowest BCUT2D eigenvalue weighted by molar-refractivity contribution is -0.147. The van der Waals surface area contributed by atoms with Gasteiger partial charge in [0, 0.05) is 6.42 Å². The molecule has 20 heteroatoms. The van der Waals surface area contributed by atoms with Gasteiger partial charge in [0.2, 0.25) is 5.60 Å². The number of esters is 2. The summed E-state index contributed by atoms with van der Waals surface area (Å²) in [5.74, 6) is -0.913. The third kappa shape index (κ3) is 12.5. The van der Waals surface area contributed by atoms with Crippen molar-refractivity contribution in [3.63, 3.8) is 0 Å². The van der Waals surface area contributed by atoms with Crippen LogP contribution in [0.15, 0.2) is 73.1 Å². The molecule has 0 radical (unpaired) electrons. The second kappa shape index (κ2) is 22.1. The third-order valence-electron chi connectivity index (χ3n) is 10.5. The van der Waals surface area contributed by atoms with E-state index in [9.17, 15) is 34.4 Å². The van der Waals surface area contributed by atoms with E-state index in [1.165, 1.54) is 35.7 Å². The number of aromatic nitrogens is 3. The van der Waals surface area contributed by atoms with Gasteiger partial charge in [-0.15, -0.1) is 0 Å². The molecule has 1 fully saturated rings. The van der Waals surface area contributed by atoms with E-state index in [2.05, 4.69) is 20.5 Å². The van der Waals surface area contributed by atoms with E-state index in [4.69, 9.17) is 33.7 Å². The van der Waals surface area contributed by atoms with Crippen molar-refractivity contribution in [1.82, 2.24) is 25.0 Å². The number of ether oxygens (including phenoxy) is 4. The first-order valence-electron chi connectivity index (χ1n) is 20.8. The molecule has 0 saturated carbocycles. The molecule has 0 spiro atoms. The van der Waals surface area contributed by atoms with Gasteiger partial charge in [-0.3, -0.25) is 9.32 Å². The van der Waals surface area contributed by atoms with Crippen molar-refractivity contribution < 1.29 is 57.2 Å². The van der Waals surface area contributed by atoms with Crippen LogP contribution in [0.4, 0.5) is 10.6 Å². The summed E-state index contributed by atoms with van der Waals surface area (Å²) in [5, 5.41) is 42.1. The molecule has 5 rings (SSSR count). The van der Waals surface area contributed by atoms with Crippen molar-refractivity contribution in [1.29, 1.82) is 5.26 Å². The Labute approximate surface area is 365 Å². The van der Waals surface area contributed by atoms with Crippen molar-refractivity contribution in [2.45, 2.75) is 103 Å². The molecule has 1 unspecified atom stereocenters. The van der Waals surface area contributed by atoms with E-state index in [0.29, 0.717) is 17.5 Å². The van der Waals surface area contributed by atoms with Gasteiger partial charge in [-0.25, -0.2) is 23.7 Å².